The van der Waals surface area contributed by atoms with Gasteiger partial charge in [0.1, 0.15) is 5.75 Å². The molecule has 0 radical (unpaired) electrons. The maximum absolute atomic E-state index is 11.5. The van der Waals surface area contributed by atoms with Crippen molar-refractivity contribution in [3.63, 3.8) is 0 Å². The lowest BCUT2D eigenvalue weighted by molar-refractivity contribution is -0.115. The number of carbonyl (C=O) groups is 1. The molecule has 7 heteroatoms. The molecule has 0 fully saturated rings. The van der Waals surface area contributed by atoms with Crippen LogP contribution in [-0.4, -0.2) is 28.6 Å². The van der Waals surface area contributed by atoms with Gasteiger partial charge in [0.15, 0.2) is 5.13 Å². The smallest absolute Gasteiger partial charge is 0.228 e. The Hall–Kier alpha value is -2.90. The molecule has 1 unspecified atom stereocenters. The number of carbonyl (C=O) groups excluding carboxylic acids is 1. The van der Waals surface area contributed by atoms with E-state index in [1.807, 2.05) is 36.5 Å². The number of amides is 1. The Morgan fingerprint density at radius 3 is 2.89 bits per heavy atom. The van der Waals surface area contributed by atoms with E-state index in [0.29, 0.717) is 13.0 Å². The number of benzene rings is 2. The van der Waals surface area contributed by atoms with E-state index in [2.05, 4.69) is 15.6 Å². The van der Waals surface area contributed by atoms with E-state index in [0.717, 1.165) is 38.8 Å². The molecule has 6 nitrogen and oxygen atoms in total. The number of nitrogens with two attached hydrogens (primary N) is 1. The first-order valence-electron chi connectivity index (χ1n) is 8.73. The van der Waals surface area contributed by atoms with Crippen LogP contribution in [0, 0.1) is 0 Å². The average molecular weight is 380 g/mol. The lowest BCUT2D eigenvalue weighted by atomic mass is 10.1. The van der Waals surface area contributed by atoms with Crippen LogP contribution >= 0.6 is 11.3 Å². The van der Waals surface area contributed by atoms with Crippen LogP contribution in [0.3, 0.4) is 0 Å². The molecule has 0 bridgehead atoms. The van der Waals surface area contributed by atoms with Crippen LogP contribution in [0.5, 0.6) is 5.75 Å². The molecule has 1 aliphatic rings. The molecule has 2 heterocycles. The molecule has 1 aliphatic heterocycles. The highest BCUT2D eigenvalue weighted by atomic mass is 32.1. The monoisotopic (exact) mass is 380 g/mol. The first-order chi connectivity index (χ1) is 13.1. The summed E-state index contributed by atoms with van der Waals surface area (Å²) >= 11 is 1.57. The summed E-state index contributed by atoms with van der Waals surface area (Å²) in [5.74, 6) is 0.295. The molecule has 1 aromatic heterocycles. The van der Waals surface area contributed by atoms with Crippen LogP contribution in [0.4, 0.5) is 10.8 Å². The van der Waals surface area contributed by atoms with E-state index in [9.17, 15) is 9.90 Å². The zero-order chi connectivity index (χ0) is 18.8. The highest BCUT2D eigenvalue weighted by molar-refractivity contribution is 7.18. The fourth-order valence-electron chi connectivity index (χ4n) is 3.10. The van der Waals surface area contributed by atoms with Gasteiger partial charge >= 0.3 is 0 Å². The van der Waals surface area contributed by atoms with Gasteiger partial charge in [-0.05, 0) is 47.4 Å². The van der Waals surface area contributed by atoms with Crippen molar-refractivity contribution in [1.29, 1.82) is 0 Å². The second-order valence-electron chi connectivity index (χ2n) is 6.64. The maximum Gasteiger partial charge on any atom is 0.228 e. The molecule has 2 aromatic carbocycles. The normalized spacial score (nSPS) is 13.9. The van der Waals surface area contributed by atoms with Gasteiger partial charge in [0, 0.05) is 24.5 Å². The average Bonchev–Trinajstić information content (AvgIpc) is 3.26. The van der Waals surface area contributed by atoms with E-state index < -0.39 is 0 Å². The van der Waals surface area contributed by atoms with Crippen molar-refractivity contribution < 1.29 is 9.90 Å². The minimum absolute atomic E-state index is 0.0384. The molecular weight excluding hydrogens is 360 g/mol. The third kappa shape index (κ3) is 4.10. The molecule has 1 atom stereocenters. The van der Waals surface area contributed by atoms with Crippen LogP contribution in [0.15, 0.2) is 48.7 Å². The van der Waals surface area contributed by atoms with Crippen LogP contribution in [0.2, 0.25) is 0 Å². The molecule has 0 saturated carbocycles. The molecule has 5 N–H and O–H groups in total. The number of phenolic OH excluding ortho intramolecular Hbond substituents is 1. The van der Waals surface area contributed by atoms with Gasteiger partial charge in [-0.25, -0.2) is 4.98 Å². The summed E-state index contributed by atoms with van der Waals surface area (Å²) in [4.78, 5) is 17.0. The number of anilines is 2. The summed E-state index contributed by atoms with van der Waals surface area (Å²) in [5.41, 5.74) is 10.3. The second kappa shape index (κ2) is 7.38. The summed E-state index contributed by atoms with van der Waals surface area (Å²) in [6.07, 6.45) is 2.99. The van der Waals surface area contributed by atoms with Gasteiger partial charge in [-0.2, -0.15) is 0 Å². The Kier molecular flexibility index (Phi) is 4.79. The first kappa shape index (κ1) is 17.5. The lowest BCUT2D eigenvalue weighted by Crippen LogP contribution is -2.31. The predicted octanol–water partition coefficient (Wildman–Crippen LogP) is 2.99. The minimum atomic E-state index is -0.0565. The number of phenols is 1. The third-order valence-corrected chi connectivity index (χ3v) is 5.47. The Balaban J connectivity index is 1.36. The largest absolute Gasteiger partial charge is 0.508 e. The topological polar surface area (TPSA) is 100 Å². The van der Waals surface area contributed by atoms with Crippen LogP contribution in [-0.2, 0) is 17.6 Å². The summed E-state index contributed by atoms with van der Waals surface area (Å²) in [5, 5.41) is 16.3. The lowest BCUT2D eigenvalue weighted by Gasteiger charge is -2.12. The summed E-state index contributed by atoms with van der Waals surface area (Å²) in [6.45, 7) is 0.608. The van der Waals surface area contributed by atoms with E-state index in [4.69, 9.17) is 5.73 Å². The minimum Gasteiger partial charge on any atom is -0.508 e. The van der Waals surface area contributed by atoms with Crippen molar-refractivity contribution in [1.82, 2.24) is 4.98 Å². The van der Waals surface area contributed by atoms with Crippen molar-refractivity contribution in [3.05, 3.63) is 59.8 Å². The van der Waals surface area contributed by atoms with Crippen molar-refractivity contribution in [2.45, 2.75) is 18.9 Å². The van der Waals surface area contributed by atoms with Crippen LogP contribution < -0.4 is 16.4 Å². The number of nitrogens with one attached hydrogen (secondary N) is 2. The SMILES string of the molecule is NC(CNc1ncc(-c2ccc3c(c2)CC(=O)N3)s1)Cc1ccc(O)cc1. The molecule has 3 aromatic rings. The highest BCUT2D eigenvalue weighted by Crippen LogP contribution is 2.33. The fourth-order valence-corrected chi connectivity index (χ4v) is 3.92. The Morgan fingerprint density at radius 2 is 2.07 bits per heavy atom. The Labute approximate surface area is 161 Å². The standard InChI is InChI=1S/C20H20N4O2S/c21-15(7-12-1-4-16(25)5-2-12)10-22-20-23-11-18(27-20)13-3-6-17-14(8-13)9-19(26)24-17/h1-6,8,11,15,25H,7,9-10,21H2,(H,22,23)(H,24,26). The highest BCUT2D eigenvalue weighted by Gasteiger charge is 2.18. The summed E-state index contributed by atoms with van der Waals surface area (Å²) in [7, 11) is 0. The number of hydrogen-bond acceptors (Lipinski definition) is 6. The number of fused-ring (bicyclic) bond motifs is 1. The van der Waals surface area contributed by atoms with Crippen molar-refractivity contribution in [2.24, 2.45) is 5.73 Å². The van der Waals surface area contributed by atoms with E-state index >= 15 is 0 Å². The molecule has 138 valence electrons. The van der Waals surface area contributed by atoms with Gasteiger partial charge in [0.05, 0.1) is 11.3 Å². The first-order valence-corrected chi connectivity index (χ1v) is 9.55. The van der Waals surface area contributed by atoms with Crippen molar-refractivity contribution in [3.8, 4) is 16.2 Å². The summed E-state index contributed by atoms with van der Waals surface area (Å²) < 4.78 is 0. The predicted molar refractivity (Wildman–Crippen MR) is 108 cm³/mol. The van der Waals surface area contributed by atoms with Crippen LogP contribution in [0.1, 0.15) is 11.1 Å². The number of nitrogens with zero attached hydrogens (tertiary/aromatic N) is 1. The summed E-state index contributed by atoms with van der Waals surface area (Å²) in [6, 6.07) is 13.0. The van der Waals surface area contributed by atoms with Crippen molar-refractivity contribution in [2.75, 3.05) is 17.2 Å². The number of hydrogen-bond donors (Lipinski definition) is 4. The molecule has 0 saturated heterocycles. The number of thiazole rings is 1. The second-order valence-corrected chi connectivity index (χ2v) is 7.67. The molecule has 4 rings (SSSR count). The van der Waals surface area contributed by atoms with Crippen LogP contribution in [0.25, 0.3) is 10.4 Å². The number of aromatic hydroxyl groups is 1. The zero-order valence-electron chi connectivity index (χ0n) is 14.6. The maximum atomic E-state index is 11.5. The fraction of sp³-hybridized carbons (Fsp3) is 0.200. The number of rotatable bonds is 6. The molecule has 27 heavy (non-hydrogen) atoms. The van der Waals surface area contributed by atoms with E-state index in [1.165, 1.54) is 0 Å². The Morgan fingerprint density at radius 1 is 1.26 bits per heavy atom. The van der Waals surface area contributed by atoms with Gasteiger partial charge in [0.25, 0.3) is 0 Å². The quantitative estimate of drug-likeness (QED) is 0.527. The van der Waals surface area contributed by atoms with Crippen molar-refractivity contribution >= 4 is 28.1 Å². The van der Waals surface area contributed by atoms with Gasteiger partial charge in [-0.3, -0.25) is 4.79 Å². The van der Waals surface area contributed by atoms with Gasteiger partial charge in [-0.15, -0.1) is 0 Å². The van der Waals surface area contributed by atoms with E-state index in [1.54, 1.807) is 23.5 Å². The van der Waals surface area contributed by atoms with Gasteiger partial charge in [0.2, 0.25) is 5.91 Å². The molecule has 1 amide bonds. The van der Waals surface area contributed by atoms with E-state index in [-0.39, 0.29) is 17.7 Å². The zero-order valence-corrected chi connectivity index (χ0v) is 15.4. The van der Waals surface area contributed by atoms with Gasteiger partial charge in [-0.1, -0.05) is 29.5 Å². The molecular formula is C20H20N4O2S. The number of aromatic nitrogens is 1. The van der Waals surface area contributed by atoms with Gasteiger partial charge < -0.3 is 21.5 Å². The Bertz CT molecular complexity index is 968. The molecule has 0 spiro atoms. The third-order valence-electron chi connectivity index (χ3n) is 4.47. The molecule has 0 aliphatic carbocycles.